The summed E-state index contributed by atoms with van der Waals surface area (Å²) in [6.45, 7) is 0.620. The first-order valence-corrected chi connectivity index (χ1v) is 7.28. The van der Waals surface area contributed by atoms with Crippen LogP contribution in [0.2, 0.25) is 0 Å². The van der Waals surface area contributed by atoms with Crippen LogP contribution in [0.15, 0.2) is 42.6 Å². The lowest BCUT2D eigenvalue weighted by Gasteiger charge is -2.19. The summed E-state index contributed by atoms with van der Waals surface area (Å²) in [4.78, 5) is 18.0. The fourth-order valence-electron chi connectivity index (χ4n) is 2.24. The van der Waals surface area contributed by atoms with Crippen molar-refractivity contribution < 1.29 is 15.0 Å². The molecular weight excluding hydrogens is 280 g/mol. The molecule has 0 aliphatic carbocycles. The maximum atomic E-state index is 12.2. The normalized spacial score (nSPS) is 11.2. The van der Waals surface area contributed by atoms with Crippen molar-refractivity contribution in [1.82, 2.24) is 9.88 Å². The molecule has 2 N–H and O–H groups in total. The summed E-state index contributed by atoms with van der Waals surface area (Å²) >= 11 is 0. The predicted molar refractivity (Wildman–Crippen MR) is 86.1 cm³/mol. The second kappa shape index (κ2) is 8.26. The Morgan fingerprint density at radius 3 is 2.73 bits per heavy atom. The van der Waals surface area contributed by atoms with Crippen LogP contribution in [0.3, 0.4) is 0 Å². The van der Waals surface area contributed by atoms with Crippen LogP contribution >= 0.6 is 0 Å². The molecule has 0 bridgehead atoms. The Morgan fingerprint density at radius 2 is 1.95 bits per heavy atom. The molecule has 2 aromatic rings. The topological polar surface area (TPSA) is 73.7 Å². The molecule has 1 amide bonds. The fraction of sp³-hybridized carbons (Fsp3) is 0.294. The average Bonchev–Trinajstić information content (AvgIpc) is 2.56. The van der Waals surface area contributed by atoms with Gasteiger partial charge in [0.05, 0.1) is 12.1 Å². The summed E-state index contributed by atoms with van der Waals surface area (Å²) in [5, 5.41) is 18.9. The highest BCUT2D eigenvalue weighted by atomic mass is 16.3. The molecule has 0 radical (unpaired) electrons. The van der Waals surface area contributed by atoms with Gasteiger partial charge in [-0.15, -0.1) is 0 Å². The number of nitrogens with zero attached hydrogens (tertiary/aromatic N) is 2. The lowest BCUT2D eigenvalue weighted by Crippen LogP contribution is -2.33. The van der Waals surface area contributed by atoms with Gasteiger partial charge in [0.1, 0.15) is 0 Å². The smallest absolute Gasteiger partial charge is 0.246 e. The van der Waals surface area contributed by atoms with E-state index in [0.717, 1.165) is 16.5 Å². The van der Waals surface area contributed by atoms with Gasteiger partial charge in [0.25, 0.3) is 0 Å². The number of aliphatic hydroxyl groups is 2. The van der Waals surface area contributed by atoms with Gasteiger partial charge in [0, 0.05) is 37.4 Å². The molecule has 1 aromatic carbocycles. The Labute approximate surface area is 129 Å². The second-order valence-electron chi connectivity index (χ2n) is 4.88. The van der Waals surface area contributed by atoms with Crippen LogP contribution in [0.5, 0.6) is 0 Å². The molecule has 0 unspecified atom stereocenters. The van der Waals surface area contributed by atoms with Crippen LogP contribution in [0.4, 0.5) is 0 Å². The van der Waals surface area contributed by atoms with Crippen molar-refractivity contribution in [3.63, 3.8) is 0 Å². The number of pyridine rings is 1. The number of aliphatic hydroxyl groups excluding tert-OH is 2. The number of rotatable bonds is 7. The summed E-state index contributed by atoms with van der Waals surface area (Å²) in [6, 6.07) is 9.60. The zero-order valence-electron chi connectivity index (χ0n) is 12.4. The first-order valence-electron chi connectivity index (χ1n) is 7.28. The predicted octanol–water partition coefficient (Wildman–Crippen LogP) is 1.45. The summed E-state index contributed by atoms with van der Waals surface area (Å²) in [5.74, 6) is -0.177. The van der Waals surface area contributed by atoms with Crippen LogP contribution in [0, 0.1) is 0 Å². The maximum Gasteiger partial charge on any atom is 0.246 e. The van der Waals surface area contributed by atoms with E-state index in [-0.39, 0.29) is 25.7 Å². The average molecular weight is 300 g/mol. The number of amides is 1. The van der Waals surface area contributed by atoms with Crippen LogP contribution < -0.4 is 0 Å². The van der Waals surface area contributed by atoms with Crippen LogP contribution in [0.1, 0.15) is 12.0 Å². The molecular formula is C17H20N2O3. The molecule has 5 nitrogen and oxygen atoms in total. The fourth-order valence-corrected chi connectivity index (χ4v) is 2.24. The van der Waals surface area contributed by atoms with Crippen LogP contribution in [-0.2, 0) is 4.79 Å². The van der Waals surface area contributed by atoms with E-state index in [0.29, 0.717) is 13.0 Å². The largest absolute Gasteiger partial charge is 0.396 e. The number of hydrogen-bond acceptors (Lipinski definition) is 4. The minimum atomic E-state index is -0.177. The molecule has 1 aromatic heterocycles. The number of hydrogen-bond donors (Lipinski definition) is 2. The molecule has 0 aliphatic rings. The van der Waals surface area contributed by atoms with E-state index in [4.69, 9.17) is 10.2 Å². The van der Waals surface area contributed by atoms with E-state index in [9.17, 15) is 4.79 Å². The summed E-state index contributed by atoms with van der Waals surface area (Å²) < 4.78 is 0. The molecule has 2 rings (SSSR count). The molecule has 116 valence electrons. The zero-order valence-corrected chi connectivity index (χ0v) is 12.4. The summed E-state index contributed by atoms with van der Waals surface area (Å²) in [7, 11) is 0. The molecule has 1 heterocycles. The quantitative estimate of drug-likeness (QED) is 0.759. The molecule has 0 aliphatic heterocycles. The molecule has 0 saturated heterocycles. The second-order valence-corrected chi connectivity index (χ2v) is 4.88. The van der Waals surface area contributed by atoms with E-state index in [1.807, 2.05) is 30.3 Å². The van der Waals surface area contributed by atoms with Crippen molar-refractivity contribution in [3.05, 3.63) is 48.2 Å². The number of carbonyl (C=O) groups excluding carboxylic acids is 1. The Hall–Kier alpha value is -2.24. The van der Waals surface area contributed by atoms with Crippen molar-refractivity contribution in [2.24, 2.45) is 0 Å². The Balaban J connectivity index is 2.16. The van der Waals surface area contributed by atoms with E-state index in [1.165, 1.54) is 11.0 Å². The highest BCUT2D eigenvalue weighted by Gasteiger charge is 2.09. The van der Waals surface area contributed by atoms with Gasteiger partial charge >= 0.3 is 0 Å². The number of benzene rings is 1. The summed E-state index contributed by atoms with van der Waals surface area (Å²) in [6.07, 6.45) is 5.46. The minimum Gasteiger partial charge on any atom is -0.396 e. The molecule has 0 saturated carbocycles. The number of carbonyl (C=O) groups is 1. The number of aromatic nitrogens is 1. The van der Waals surface area contributed by atoms with E-state index in [1.54, 1.807) is 12.3 Å². The van der Waals surface area contributed by atoms with Crippen molar-refractivity contribution >= 4 is 22.9 Å². The Kier molecular flexibility index (Phi) is 6.06. The Bertz CT molecular complexity index is 650. The molecule has 5 heteroatoms. The summed E-state index contributed by atoms with van der Waals surface area (Å²) in [5.41, 5.74) is 1.80. The van der Waals surface area contributed by atoms with Gasteiger partial charge in [-0.2, -0.15) is 0 Å². The number of fused-ring (bicyclic) bond motifs is 1. The van der Waals surface area contributed by atoms with Crippen molar-refractivity contribution in [1.29, 1.82) is 0 Å². The van der Waals surface area contributed by atoms with Crippen molar-refractivity contribution in [2.75, 3.05) is 26.3 Å². The first kappa shape index (κ1) is 16.1. The highest BCUT2D eigenvalue weighted by molar-refractivity contribution is 5.95. The van der Waals surface area contributed by atoms with Crippen molar-refractivity contribution in [3.8, 4) is 0 Å². The molecule has 0 fully saturated rings. The van der Waals surface area contributed by atoms with Gasteiger partial charge in [-0.3, -0.25) is 9.78 Å². The van der Waals surface area contributed by atoms with Crippen molar-refractivity contribution in [2.45, 2.75) is 6.42 Å². The SMILES string of the molecule is O=C(/C=C/c1ccnc2ccccc12)N(CCO)CCCO. The third kappa shape index (κ3) is 4.13. The van der Waals surface area contributed by atoms with E-state index in [2.05, 4.69) is 4.98 Å². The number of para-hydroxylation sites is 1. The standard InChI is InChI=1S/C17H20N2O3/c20-12-3-10-19(11-13-21)17(22)7-6-14-8-9-18-16-5-2-1-4-15(14)16/h1-2,4-9,20-21H,3,10-13H2/b7-6+. The lowest BCUT2D eigenvalue weighted by molar-refractivity contribution is -0.126. The van der Waals surface area contributed by atoms with Gasteiger partial charge in [0.15, 0.2) is 0 Å². The minimum absolute atomic E-state index is 0.0217. The molecule has 0 spiro atoms. The third-order valence-corrected chi connectivity index (χ3v) is 3.36. The highest BCUT2D eigenvalue weighted by Crippen LogP contribution is 2.17. The lowest BCUT2D eigenvalue weighted by atomic mass is 10.1. The zero-order chi connectivity index (χ0) is 15.8. The van der Waals surface area contributed by atoms with Crippen LogP contribution in [-0.4, -0.2) is 52.3 Å². The van der Waals surface area contributed by atoms with Gasteiger partial charge in [-0.1, -0.05) is 18.2 Å². The monoisotopic (exact) mass is 300 g/mol. The van der Waals surface area contributed by atoms with Gasteiger partial charge in [-0.25, -0.2) is 0 Å². The maximum absolute atomic E-state index is 12.2. The van der Waals surface area contributed by atoms with Gasteiger partial charge < -0.3 is 15.1 Å². The van der Waals surface area contributed by atoms with Gasteiger partial charge in [-0.05, 0) is 30.2 Å². The first-order chi connectivity index (χ1) is 10.8. The van der Waals surface area contributed by atoms with E-state index < -0.39 is 0 Å². The van der Waals surface area contributed by atoms with Crippen LogP contribution in [0.25, 0.3) is 17.0 Å². The molecule has 22 heavy (non-hydrogen) atoms. The van der Waals surface area contributed by atoms with E-state index >= 15 is 0 Å². The Morgan fingerprint density at radius 1 is 1.14 bits per heavy atom. The van der Waals surface area contributed by atoms with Gasteiger partial charge in [0.2, 0.25) is 5.91 Å². The molecule has 0 atom stereocenters. The third-order valence-electron chi connectivity index (χ3n) is 3.36.